The Morgan fingerprint density at radius 1 is 1.11 bits per heavy atom. The molecule has 2 heterocycles. The molecule has 0 spiro atoms. The SMILES string of the molecule is CC(=O)N1CCN(C(=O)c2c[nH]c(=O)[nH]c2=O)CC1. The number of carbonyl (C=O) groups excluding carboxylic acids is 2. The molecule has 0 unspecified atom stereocenters. The summed E-state index contributed by atoms with van der Waals surface area (Å²) in [5, 5.41) is 0. The molecule has 2 rings (SSSR count). The normalized spacial score (nSPS) is 15.4. The minimum absolute atomic E-state index is 0.0333. The van der Waals surface area contributed by atoms with Crippen LogP contribution in [0, 0.1) is 0 Å². The van der Waals surface area contributed by atoms with Crippen LogP contribution in [0.3, 0.4) is 0 Å². The van der Waals surface area contributed by atoms with Crippen LogP contribution in [0.1, 0.15) is 17.3 Å². The summed E-state index contributed by atoms with van der Waals surface area (Å²) < 4.78 is 0. The van der Waals surface area contributed by atoms with Gasteiger partial charge in [0, 0.05) is 39.3 Å². The van der Waals surface area contributed by atoms with E-state index in [1.807, 2.05) is 4.98 Å². The van der Waals surface area contributed by atoms with Gasteiger partial charge in [0.25, 0.3) is 11.5 Å². The van der Waals surface area contributed by atoms with Crippen LogP contribution >= 0.6 is 0 Å². The number of rotatable bonds is 1. The molecule has 0 aromatic carbocycles. The van der Waals surface area contributed by atoms with Gasteiger partial charge >= 0.3 is 5.69 Å². The van der Waals surface area contributed by atoms with Crippen LogP contribution in [0.2, 0.25) is 0 Å². The molecule has 8 heteroatoms. The van der Waals surface area contributed by atoms with Gasteiger partial charge in [-0.2, -0.15) is 0 Å². The predicted molar refractivity (Wildman–Crippen MR) is 65.8 cm³/mol. The van der Waals surface area contributed by atoms with E-state index in [0.717, 1.165) is 6.20 Å². The first-order valence-corrected chi connectivity index (χ1v) is 5.86. The maximum atomic E-state index is 12.1. The lowest BCUT2D eigenvalue weighted by Crippen LogP contribution is -2.51. The third kappa shape index (κ3) is 2.72. The second kappa shape index (κ2) is 5.09. The van der Waals surface area contributed by atoms with Crippen molar-refractivity contribution in [2.75, 3.05) is 26.2 Å². The Bertz CT molecular complexity index is 610. The largest absolute Gasteiger partial charge is 0.339 e. The van der Waals surface area contributed by atoms with Crippen molar-refractivity contribution in [1.82, 2.24) is 19.8 Å². The molecule has 1 aliphatic rings. The summed E-state index contributed by atoms with van der Waals surface area (Å²) in [6, 6.07) is 0. The highest BCUT2D eigenvalue weighted by Gasteiger charge is 2.24. The molecule has 1 fully saturated rings. The Morgan fingerprint density at radius 2 is 1.68 bits per heavy atom. The number of H-pyrrole nitrogens is 2. The Labute approximate surface area is 108 Å². The van der Waals surface area contributed by atoms with Gasteiger partial charge in [-0.3, -0.25) is 19.4 Å². The lowest BCUT2D eigenvalue weighted by atomic mass is 10.2. The highest BCUT2D eigenvalue weighted by molar-refractivity contribution is 5.93. The summed E-state index contributed by atoms with van der Waals surface area (Å²) in [6.07, 6.45) is 1.11. The first-order chi connectivity index (χ1) is 8.99. The van der Waals surface area contributed by atoms with Gasteiger partial charge in [0.1, 0.15) is 5.56 Å². The Balaban J connectivity index is 2.11. The molecule has 0 saturated carbocycles. The fourth-order valence-electron chi connectivity index (χ4n) is 1.96. The van der Waals surface area contributed by atoms with E-state index in [9.17, 15) is 19.2 Å². The Morgan fingerprint density at radius 3 is 2.21 bits per heavy atom. The van der Waals surface area contributed by atoms with Crippen molar-refractivity contribution in [3.63, 3.8) is 0 Å². The van der Waals surface area contributed by atoms with E-state index in [4.69, 9.17) is 0 Å². The number of nitrogens with one attached hydrogen (secondary N) is 2. The third-order valence-electron chi connectivity index (χ3n) is 3.06. The van der Waals surface area contributed by atoms with Gasteiger partial charge in [-0.15, -0.1) is 0 Å². The molecular formula is C11H14N4O4. The van der Waals surface area contributed by atoms with Crippen LogP contribution in [0.4, 0.5) is 0 Å². The van der Waals surface area contributed by atoms with Gasteiger partial charge in [-0.05, 0) is 0 Å². The highest BCUT2D eigenvalue weighted by Crippen LogP contribution is 2.05. The van der Waals surface area contributed by atoms with Gasteiger partial charge in [0.15, 0.2) is 0 Å². The first kappa shape index (κ1) is 13.1. The van der Waals surface area contributed by atoms with Crippen molar-refractivity contribution in [1.29, 1.82) is 0 Å². The number of aromatic nitrogens is 2. The molecule has 1 aromatic heterocycles. The third-order valence-corrected chi connectivity index (χ3v) is 3.06. The predicted octanol–water partition coefficient (Wildman–Crippen LogP) is -1.63. The van der Waals surface area contributed by atoms with Gasteiger partial charge in [0.2, 0.25) is 5.91 Å². The number of aromatic amines is 2. The van der Waals surface area contributed by atoms with Gasteiger partial charge < -0.3 is 14.8 Å². The second-order valence-corrected chi connectivity index (χ2v) is 4.28. The molecule has 0 radical (unpaired) electrons. The minimum Gasteiger partial charge on any atom is -0.339 e. The lowest BCUT2D eigenvalue weighted by molar-refractivity contribution is -0.130. The number of amides is 2. The Kier molecular flexibility index (Phi) is 3.50. The molecule has 0 bridgehead atoms. The summed E-state index contributed by atoms with van der Waals surface area (Å²) in [5.41, 5.74) is -1.46. The number of hydrogen-bond donors (Lipinski definition) is 2. The van der Waals surface area contributed by atoms with Crippen molar-refractivity contribution in [2.24, 2.45) is 0 Å². The zero-order chi connectivity index (χ0) is 14.0. The minimum atomic E-state index is -0.706. The van der Waals surface area contributed by atoms with E-state index < -0.39 is 17.2 Å². The van der Waals surface area contributed by atoms with Crippen LogP contribution in [0.25, 0.3) is 0 Å². The van der Waals surface area contributed by atoms with Crippen molar-refractivity contribution in [3.8, 4) is 0 Å². The van der Waals surface area contributed by atoms with E-state index in [0.29, 0.717) is 26.2 Å². The number of hydrogen-bond acceptors (Lipinski definition) is 4. The van der Waals surface area contributed by atoms with Crippen molar-refractivity contribution in [3.05, 3.63) is 32.6 Å². The zero-order valence-electron chi connectivity index (χ0n) is 10.4. The number of carbonyl (C=O) groups is 2. The molecule has 2 amide bonds. The molecule has 102 valence electrons. The van der Waals surface area contributed by atoms with E-state index in [1.165, 1.54) is 11.8 Å². The van der Waals surface area contributed by atoms with E-state index in [2.05, 4.69) is 4.98 Å². The quantitative estimate of drug-likeness (QED) is 0.636. The molecule has 1 aliphatic heterocycles. The van der Waals surface area contributed by atoms with Crippen LogP contribution in [0.5, 0.6) is 0 Å². The number of piperazine rings is 1. The van der Waals surface area contributed by atoms with Crippen molar-refractivity contribution < 1.29 is 9.59 Å². The topological polar surface area (TPSA) is 106 Å². The molecular weight excluding hydrogens is 252 g/mol. The van der Waals surface area contributed by atoms with Crippen molar-refractivity contribution >= 4 is 11.8 Å². The molecule has 19 heavy (non-hydrogen) atoms. The summed E-state index contributed by atoms with van der Waals surface area (Å²) in [7, 11) is 0. The van der Waals surface area contributed by atoms with Crippen LogP contribution in [0.15, 0.2) is 15.8 Å². The summed E-state index contributed by atoms with van der Waals surface area (Å²) >= 11 is 0. The van der Waals surface area contributed by atoms with E-state index >= 15 is 0 Å². The van der Waals surface area contributed by atoms with Gasteiger partial charge in [0.05, 0.1) is 0 Å². The second-order valence-electron chi connectivity index (χ2n) is 4.28. The standard InChI is InChI=1S/C11H14N4O4/c1-7(16)14-2-4-15(5-3-14)10(18)8-6-12-11(19)13-9(8)17/h6H,2-5H2,1H3,(H2,12,13,17,19). The zero-order valence-corrected chi connectivity index (χ0v) is 10.4. The smallest absolute Gasteiger partial charge is 0.325 e. The molecule has 0 aliphatic carbocycles. The summed E-state index contributed by atoms with van der Waals surface area (Å²) in [4.78, 5) is 53.0. The molecule has 1 saturated heterocycles. The maximum absolute atomic E-state index is 12.1. The average Bonchev–Trinajstić information content (AvgIpc) is 2.38. The Hall–Kier alpha value is -2.38. The molecule has 8 nitrogen and oxygen atoms in total. The first-order valence-electron chi connectivity index (χ1n) is 5.86. The van der Waals surface area contributed by atoms with Gasteiger partial charge in [-0.25, -0.2) is 4.79 Å². The fraction of sp³-hybridized carbons (Fsp3) is 0.455. The van der Waals surface area contributed by atoms with E-state index in [-0.39, 0.29) is 11.5 Å². The lowest BCUT2D eigenvalue weighted by Gasteiger charge is -2.34. The van der Waals surface area contributed by atoms with Gasteiger partial charge in [-0.1, -0.05) is 0 Å². The summed E-state index contributed by atoms with van der Waals surface area (Å²) in [6.45, 7) is 3.11. The maximum Gasteiger partial charge on any atom is 0.325 e. The fourth-order valence-corrected chi connectivity index (χ4v) is 1.96. The monoisotopic (exact) mass is 266 g/mol. The molecule has 1 aromatic rings. The van der Waals surface area contributed by atoms with Crippen molar-refractivity contribution in [2.45, 2.75) is 6.92 Å². The average molecular weight is 266 g/mol. The molecule has 2 N–H and O–H groups in total. The summed E-state index contributed by atoms with van der Waals surface area (Å²) in [5.74, 6) is -0.477. The van der Waals surface area contributed by atoms with Crippen LogP contribution in [-0.2, 0) is 4.79 Å². The van der Waals surface area contributed by atoms with Crippen LogP contribution < -0.4 is 11.2 Å². The highest BCUT2D eigenvalue weighted by atomic mass is 16.2. The van der Waals surface area contributed by atoms with Crippen LogP contribution in [-0.4, -0.2) is 57.8 Å². The number of nitrogens with zero attached hydrogens (tertiary/aromatic N) is 2. The van der Waals surface area contributed by atoms with E-state index in [1.54, 1.807) is 4.90 Å². The molecule has 0 atom stereocenters.